The molecule has 0 aliphatic carbocycles. The molecule has 0 radical (unpaired) electrons. The molecule has 0 aliphatic rings. The Morgan fingerprint density at radius 1 is 1.30 bits per heavy atom. The van der Waals surface area contributed by atoms with Gasteiger partial charge in [0.15, 0.2) is 0 Å². The van der Waals surface area contributed by atoms with Crippen LogP contribution in [0.3, 0.4) is 0 Å². The number of fused-ring (bicyclic) bond motifs is 1. The maximum absolute atomic E-state index is 12.2. The molecule has 0 fully saturated rings. The third-order valence-corrected chi connectivity index (χ3v) is 3.90. The molecule has 0 amide bonds. The number of hydrogen-bond acceptors (Lipinski definition) is 4. The Morgan fingerprint density at radius 2 is 2.04 bits per heavy atom. The molecule has 0 saturated carbocycles. The third-order valence-electron chi connectivity index (χ3n) is 3.90. The van der Waals surface area contributed by atoms with E-state index in [1.807, 2.05) is 45.0 Å². The first kappa shape index (κ1) is 15.3. The average Bonchev–Trinajstić information content (AvgIpc) is 3.11. The van der Waals surface area contributed by atoms with Gasteiger partial charge in [0.25, 0.3) is 0 Å². The van der Waals surface area contributed by atoms with Gasteiger partial charge < -0.3 is 9.72 Å². The zero-order chi connectivity index (χ0) is 16.4. The van der Waals surface area contributed by atoms with Crippen molar-refractivity contribution in [2.45, 2.75) is 33.6 Å². The lowest BCUT2D eigenvalue weighted by molar-refractivity contribution is -0.139. The number of hydrogen-bond donors (Lipinski definition) is 1. The molecule has 23 heavy (non-hydrogen) atoms. The minimum atomic E-state index is -0.229. The first-order valence-corrected chi connectivity index (χ1v) is 7.85. The summed E-state index contributed by atoms with van der Waals surface area (Å²) < 4.78 is 7.10. The topological polar surface area (TPSA) is 72.8 Å². The molecular weight excluding hydrogens is 292 g/mol. The van der Waals surface area contributed by atoms with Crippen LogP contribution in [-0.4, -0.2) is 25.7 Å². The second kappa shape index (κ2) is 6.24. The molecule has 0 bridgehead atoms. The summed E-state index contributed by atoms with van der Waals surface area (Å²) >= 11 is 0. The minimum absolute atomic E-state index is 0.102. The zero-order valence-electron chi connectivity index (χ0n) is 13.5. The molecule has 6 nitrogen and oxygen atoms in total. The van der Waals surface area contributed by atoms with Crippen molar-refractivity contribution in [1.29, 1.82) is 0 Å². The molecule has 0 atom stereocenters. The Bertz CT molecular complexity index is 797. The molecular formula is C17H20N4O2. The van der Waals surface area contributed by atoms with Crippen LogP contribution < -0.4 is 4.74 Å². The molecule has 2 heterocycles. The Morgan fingerprint density at radius 3 is 2.74 bits per heavy atom. The van der Waals surface area contributed by atoms with Gasteiger partial charge in [-0.1, -0.05) is 26.0 Å². The number of carbonyl (C=O) groups is 1. The first-order chi connectivity index (χ1) is 11.1. The number of nitrogens with one attached hydrogen (secondary N) is 1. The van der Waals surface area contributed by atoms with E-state index in [-0.39, 0.29) is 11.9 Å². The van der Waals surface area contributed by atoms with Gasteiger partial charge in [0.05, 0.1) is 22.6 Å². The van der Waals surface area contributed by atoms with Crippen molar-refractivity contribution in [3.63, 3.8) is 0 Å². The minimum Gasteiger partial charge on any atom is -0.407 e. The summed E-state index contributed by atoms with van der Waals surface area (Å²) in [5.74, 6) is 0.590. The van der Waals surface area contributed by atoms with Crippen molar-refractivity contribution in [2.75, 3.05) is 0 Å². The van der Waals surface area contributed by atoms with Gasteiger partial charge in [-0.2, -0.15) is 9.78 Å². The van der Waals surface area contributed by atoms with Gasteiger partial charge in [0.2, 0.25) is 11.8 Å². The van der Waals surface area contributed by atoms with Gasteiger partial charge >= 0.3 is 5.97 Å². The quantitative estimate of drug-likeness (QED) is 0.733. The summed E-state index contributed by atoms with van der Waals surface area (Å²) in [6.45, 7) is 5.82. The summed E-state index contributed by atoms with van der Waals surface area (Å²) in [5, 5.41) is 4.39. The molecule has 1 N–H and O–H groups in total. The number of aryl methyl sites for hydroxylation is 1. The van der Waals surface area contributed by atoms with Crippen LogP contribution in [0.15, 0.2) is 30.3 Å². The average molecular weight is 312 g/mol. The summed E-state index contributed by atoms with van der Waals surface area (Å²) in [6.07, 6.45) is 1.51. The molecule has 3 rings (SSSR count). The summed E-state index contributed by atoms with van der Waals surface area (Å²) in [7, 11) is 0. The predicted molar refractivity (Wildman–Crippen MR) is 87.7 cm³/mol. The van der Waals surface area contributed by atoms with Crippen LogP contribution >= 0.6 is 0 Å². The Balaban J connectivity index is 1.95. The van der Waals surface area contributed by atoms with Crippen molar-refractivity contribution >= 4 is 17.0 Å². The van der Waals surface area contributed by atoms with Crippen LogP contribution in [0.4, 0.5) is 0 Å². The summed E-state index contributed by atoms with van der Waals surface area (Å²) in [6, 6.07) is 9.47. The number of carbonyl (C=O) groups excluding carboxylic acids is 1. The van der Waals surface area contributed by atoms with Crippen molar-refractivity contribution in [1.82, 2.24) is 19.7 Å². The number of imidazole rings is 1. The Labute approximate surface area is 134 Å². The van der Waals surface area contributed by atoms with E-state index in [0.29, 0.717) is 11.8 Å². The number of esters is 1. The van der Waals surface area contributed by atoms with E-state index in [9.17, 15) is 4.79 Å². The first-order valence-electron chi connectivity index (χ1n) is 7.85. The van der Waals surface area contributed by atoms with Crippen LogP contribution in [0.2, 0.25) is 0 Å². The monoisotopic (exact) mass is 312 g/mol. The van der Waals surface area contributed by atoms with Crippen molar-refractivity contribution in [3.8, 4) is 11.8 Å². The van der Waals surface area contributed by atoms with Crippen LogP contribution in [0.5, 0.6) is 5.88 Å². The van der Waals surface area contributed by atoms with E-state index in [1.165, 1.54) is 4.68 Å². The van der Waals surface area contributed by atoms with Gasteiger partial charge in [-0.3, -0.25) is 4.79 Å². The van der Waals surface area contributed by atoms with Gasteiger partial charge in [-0.25, -0.2) is 4.98 Å². The van der Waals surface area contributed by atoms with Gasteiger partial charge in [0.1, 0.15) is 0 Å². The lowest BCUT2D eigenvalue weighted by Gasteiger charge is -2.11. The fourth-order valence-corrected chi connectivity index (χ4v) is 2.55. The Hall–Kier alpha value is -2.63. The number of H-pyrrole nitrogens is 1. The van der Waals surface area contributed by atoms with E-state index < -0.39 is 0 Å². The second-order valence-electron chi connectivity index (χ2n) is 5.55. The van der Waals surface area contributed by atoms with Crippen LogP contribution in [-0.2, 0) is 4.79 Å². The van der Waals surface area contributed by atoms with E-state index in [2.05, 4.69) is 15.1 Å². The fourth-order valence-electron chi connectivity index (χ4n) is 2.55. The molecule has 1 aromatic carbocycles. The van der Waals surface area contributed by atoms with Crippen LogP contribution in [0.1, 0.15) is 32.4 Å². The molecule has 2 aromatic heterocycles. The van der Waals surface area contributed by atoms with Gasteiger partial charge in [0, 0.05) is 6.07 Å². The van der Waals surface area contributed by atoms with E-state index in [1.54, 1.807) is 6.07 Å². The maximum atomic E-state index is 12.2. The number of rotatable bonds is 5. The van der Waals surface area contributed by atoms with Gasteiger partial charge in [-0.05, 0) is 31.9 Å². The number of ether oxygens (including phenoxy) is 1. The number of aromatic amines is 1. The molecule has 0 spiro atoms. The van der Waals surface area contributed by atoms with E-state index in [4.69, 9.17) is 4.74 Å². The largest absolute Gasteiger partial charge is 0.407 e. The highest BCUT2D eigenvalue weighted by molar-refractivity contribution is 5.76. The second-order valence-corrected chi connectivity index (χ2v) is 5.55. The summed E-state index contributed by atoms with van der Waals surface area (Å²) in [4.78, 5) is 19.9. The third kappa shape index (κ3) is 2.97. The standard InChI is InChI=1S/C17H20N4O2/c1-4-12(5-2)16(22)23-15-10-11(3)20-21(15)17-18-13-8-6-7-9-14(13)19-17/h6-10,12H,4-5H2,1-3H3,(H,18,19). The van der Waals surface area contributed by atoms with Crippen molar-refractivity contribution < 1.29 is 9.53 Å². The van der Waals surface area contributed by atoms with E-state index in [0.717, 1.165) is 29.6 Å². The molecule has 120 valence electrons. The highest BCUT2D eigenvalue weighted by Gasteiger charge is 2.20. The lowest BCUT2D eigenvalue weighted by atomic mass is 10.0. The molecule has 0 aliphatic heterocycles. The number of nitrogens with zero attached hydrogens (tertiary/aromatic N) is 3. The summed E-state index contributed by atoms with van der Waals surface area (Å²) in [5.41, 5.74) is 2.51. The molecule has 0 unspecified atom stereocenters. The Kier molecular flexibility index (Phi) is 4.14. The van der Waals surface area contributed by atoms with Crippen LogP contribution in [0.25, 0.3) is 17.0 Å². The normalized spacial score (nSPS) is 11.3. The fraction of sp³-hybridized carbons (Fsp3) is 0.353. The predicted octanol–water partition coefficient (Wildman–Crippen LogP) is 3.40. The maximum Gasteiger partial charge on any atom is 0.315 e. The smallest absolute Gasteiger partial charge is 0.315 e. The van der Waals surface area contributed by atoms with E-state index >= 15 is 0 Å². The highest BCUT2D eigenvalue weighted by atomic mass is 16.5. The molecule has 3 aromatic rings. The highest BCUT2D eigenvalue weighted by Crippen LogP contribution is 2.22. The number of benzene rings is 1. The van der Waals surface area contributed by atoms with Crippen LogP contribution in [0, 0.1) is 12.8 Å². The SMILES string of the molecule is CCC(CC)C(=O)Oc1cc(C)nn1-c1nc2ccccc2[nH]1. The number of para-hydroxylation sites is 2. The molecule has 0 saturated heterocycles. The van der Waals surface area contributed by atoms with Crippen molar-refractivity contribution in [2.24, 2.45) is 5.92 Å². The number of aromatic nitrogens is 4. The van der Waals surface area contributed by atoms with Crippen molar-refractivity contribution in [3.05, 3.63) is 36.0 Å². The lowest BCUT2D eigenvalue weighted by Crippen LogP contribution is -2.20. The molecule has 6 heteroatoms. The zero-order valence-corrected chi connectivity index (χ0v) is 13.5. The van der Waals surface area contributed by atoms with Gasteiger partial charge in [-0.15, -0.1) is 0 Å².